The third kappa shape index (κ3) is 4.27. The molecule has 0 bridgehead atoms. The van der Waals surface area contributed by atoms with Crippen LogP contribution >= 0.6 is 11.6 Å². The molecule has 156 valence electrons. The number of benzene rings is 1. The number of unbranched alkanes of at least 4 members (excludes halogenated alkanes) is 1. The van der Waals surface area contributed by atoms with Gasteiger partial charge in [0.05, 0.1) is 31.0 Å². The highest BCUT2D eigenvalue weighted by Crippen LogP contribution is 2.44. The molecule has 7 heteroatoms. The van der Waals surface area contributed by atoms with Crippen molar-refractivity contribution in [3.05, 3.63) is 44.7 Å². The van der Waals surface area contributed by atoms with Crippen LogP contribution in [0.25, 0.3) is 11.3 Å². The van der Waals surface area contributed by atoms with Gasteiger partial charge in [-0.1, -0.05) is 38.8 Å². The molecular weight excluding hydrogens is 394 g/mol. The molecule has 0 amide bonds. The number of ether oxygens (including phenoxy) is 3. The van der Waals surface area contributed by atoms with Crippen LogP contribution in [0.5, 0.6) is 11.5 Å². The summed E-state index contributed by atoms with van der Waals surface area (Å²) in [6.07, 6.45) is 1.95. The molecule has 3 rings (SSSR count). The zero-order valence-electron chi connectivity index (χ0n) is 17.1. The minimum atomic E-state index is -0.667. The van der Waals surface area contributed by atoms with Crippen LogP contribution in [0.4, 0.5) is 0 Å². The normalized spacial score (nSPS) is 15.2. The van der Waals surface area contributed by atoms with E-state index in [1.54, 1.807) is 18.2 Å². The topological polar surface area (TPSA) is 77.6 Å². The van der Waals surface area contributed by atoms with E-state index in [1.165, 1.54) is 7.11 Å². The van der Waals surface area contributed by atoms with Gasteiger partial charge in [0.2, 0.25) is 0 Å². The molecule has 0 unspecified atom stereocenters. The Labute approximate surface area is 175 Å². The molecule has 2 heterocycles. The summed E-state index contributed by atoms with van der Waals surface area (Å²) in [7, 11) is 1.26. The summed E-state index contributed by atoms with van der Waals surface area (Å²) in [5.41, 5.74) is 1.58. The number of rotatable bonds is 6. The van der Waals surface area contributed by atoms with E-state index in [1.807, 2.05) is 0 Å². The van der Waals surface area contributed by atoms with E-state index in [4.69, 9.17) is 25.8 Å². The van der Waals surface area contributed by atoms with E-state index in [-0.39, 0.29) is 17.4 Å². The molecule has 1 aromatic carbocycles. The summed E-state index contributed by atoms with van der Waals surface area (Å²) in [5, 5.41) is 0.440. The number of H-pyrrole nitrogens is 1. The van der Waals surface area contributed by atoms with Crippen LogP contribution in [-0.2, 0) is 4.74 Å². The number of aromatic amines is 1. The molecular formula is C22H26ClNO5. The quantitative estimate of drug-likeness (QED) is 0.537. The number of carbonyl (C=O) groups excluding carboxylic acids is 1. The van der Waals surface area contributed by atoms with Crippen LogP contribution in [0, 0.1) is 5.92 Å². The molecule has 0 aliphatic carbocycles. The average Bonchev–Trinajstić information content (AvgIpc) is 2.83. The van der Waals surface area contributed by atoms with Crippen molar-refractivity contribution in [3.63, 3.8) is 0 Å². The van der Waals surface area contributed by atoms with E-state index < -0.39 is 11.5 Å². The van der Waals surface area contributed by atoms with Crippen LogP contribution in [0.2, 0.25) is 5.02 Å². The van der Waals surface area contributed by atoms with Crippen molar-refractivity contribution >= 4 is 17.6 Å². The second-order valence-corrected chi connectivity index (χ2v) is 7.88. The van der Waals surface area contributed by atoms with Gasteiger partial charge in [-0.05, 0) is 30.0 Å². The summed E-state index contributed by atoms with van der Waals surface area (Å²) in [5.74, 6) is 0.666. The number of fused-ring (bicyclic) bond motifs is 3. The van der Waals surface area contributed by atoms with Crippen molar-refractivity contribution in [1.29, 1.82) is 0 Å². The van der Waals surface area contributed by atoms with Crippen molar-refractivity contribution in [2.75, 3.05) is 20.3 Å². The fourth-order valence-electron chi connectivity index (χ4n) is 3.43. The maximum absolute atomic E-state index is 12.6. The maximum atomic E-state index is 12.6. The van der Waals surface area contributed by atoms with E-state index in [0.29, 0.717) is 41.0 Å². The zero-order valence-corrected chi connectivity index (χ0v) is 17.9. The van der Waals surface area contributed by atoms with Crippen molar-refractivity contribution in [1.82, 2.24) is 4.98 Å². The lowest BCUT2D eigenvalue weighted by atomic mass is 9.86. The number of halogens is 1. The van der Waals surface area contributed by atoms with Gasteiger partial charge in [-0.15, -0.1) is 0 Å². The molecule has 6 nitrogen and oxygen atoms in total. The summed E-state index contributed by atoms with van der Waals surface area (Å²) in [6.45, 7) is 7.21. The number of esters is 1. The first kappa shape index (κ1) is 21.2. The highest BCUT2D eigenvalue weighted by molar-refractivity contribution is 6.32. The number of methoxy groups -OCH3 is 1. The SMILES string of the molecule is CCCCOc1cc2c(cc1Cl)-c1[nH]c(=O)c(C(=O)OC)cc1[C@H](C(C)C)CO2. The van der Waals surface area contributed by atoms with E-state index in [0.717, 1.165) is 18.4 Å². The van der Waals surface area contributed by atoms with Crippen molar-refractivity contribution in [2.24, 2.45) is 5.92 Å². The predicted molar refractivity (Wildman–Crippen MR) is 112 cm³/mol. The lowest BCUT2D eigenvalue weighted by Gasteiger charge is -2.21. The van der Waals surface area contributed by atoms with Crippen LogP contribution < -0.4 is 15.0 Å². The largest absolute Gasteiger partial charge is 0.492 e. The van der Waals surface area contributed by atoms with Crippen LogP contribution in [0.3, 0.4) is 0 Å². The summed E-state index contributed by atoms with van der Waals surface area (Å²) >= 11 is 6.46. The molecule has 0 saturated carbocycles. The van der Waals surface area contributed by atoms with Gasteiger partial charge in [0.1, 0.15) is 17.1 Å². The monoisotopic (exact) mass is 419 g/mol. The standard InChI is InChI=1S/C22H26ClNO5/c1-5-6-7-28-19-10-18-14(9-17(19)23)20-13(16(11-29-18)12(2)3)8-15(21(25)24-20)22(26)27-4/h8-10,12,16H,5-7,11H2,1-4H3,(H,24,25)/t16-/m0/s1. The van der Waals surface area contributed by atoms with Gasteiger partial charge in [-0.2, -0.15) is 0 Å². The van der Waals surface area contributed by atoms with Crippen LogP contribution in [0.1, 0.15) is 55.5 Å². The molecule has 29 heavy (non-hydrogen) atoms. The predicted octanol–water partition coefficient (Wildman–Crippen LogP) is 4.79. The van der Waals surface area contributed by atoms with Gasteiger partial charge < -0.3 is 19.2 Å². The third-order valence-electron chi connectivity index (χ3n) is 5.16. The smallest absolute Gasteiger partial charge is 0.343 e. The van der Waals surface area contributed by atoms with Gasteiger partial charge in [0, 0.05) is 17.5 Å². The summed E-state index contributed by atoms with van der Waals surface area (Å²) in [4.78, 5) is 27.5. The molecule has 0 saturated heterocycles. The summed E-state index contributed by atoms with van der Waals surface area (Å²) in [6, 6.07) is 5.13. The Morgan fingerprint density at radius 3 is 2.76 bits per heavy atom. The second kappa shape index (κ2) is 8.91. The van der Waals surface area contributed by atoms with Gasteiger partial charge in [0.15, 0.2) is 0 Å². The Hall–Kier alpha value is -2.47. The molecule has 1 aliphatic rings. The highest BCUT2D eigenvalue weighted by Gasteiger charge is 2.29. The zero-order chi connectivity index (χ0) is 21.1. The van der Waals surface area contributed by atoms with Gasteiger partial charge in [0.25, 0.3) is 5.56 Å². The van der Waals surface area contributed by atoms with Gasteiger partial charge in [-0.3, -0.25) is 4.79 Å². The average molecular weight is 420 g/mol. The fourth-order valence-corrected chi connectivity index (χ4v) is 3.65. The number of nitrogens with one attached hydrogen (secondary N) is 1. The van der Waals surface area contributed by atoms with Crippen LogP contribution in [-0.4, -0.2) is 31.3 Å². The first-order valence-corrected chi connectivity index (χ1v) is 10.2. The first-order chi connectivity index (χ1) is 13.9. The molecule has 2 aromatic rings. The molecule has 1 aromatic heterocycles. The van der Waals surface area contributed by atoms with Crippen LogP contribution in [0.15, 0.2) is 23.0 Å². The number of hydrogen-bond donors (Lipinski definition) is 1. The Morgan fingerprint density at radius 2 is 2.10 bits per heavy atom. The molecule has 0 radical (unpaired) electrons. The number of hydrogen-bond acceptors (Lipinski definition) is 5. The number of carbonyl (C=O) groups is 1. The molecule has 0 spiro atoms. The third-order valence-corrected chi connectivity index (χ3v) is 5.45. The Bertz CT molecular complexity index is 966. The van der Waals surface area contributed by atoms with E-state index >= 15 is 0 Å². The fraction of sp³-hybridized carbons (Fsp3) is 0.455. The maximum Gasteiger partial charge on any atom is 0.343 e. The number of pyridine rings is 1. The van der Waals surface area contributed by atoms with Gasteiger partial charge >= 0.3 is 5.97 Å². The lowest BCUT2D eigenvalue weighted by Crippen LogP contribution is -2.23. The lowest BCUT2D eigenvalue weighted by molar-refractivity contribution is 0.0598. The molecule has 1 N–H and O–H groups in total. The van der Waals surface area contributed by atoms with Gasteiger partial charge in [-0.25, -0.2) is 4.79 Å². The Kier molecular flexibility index (Phi) is 6.52. The first-order valence-electron chi connectivity index (χ1n) is 9.82. The summed E-state index contributed by atoms with van der Waals surface area (Å²) < 4.78 is 16.6. The minimum absolute atomic E-state index is 0.0223. The Morgan fingerprint density at radius 1 is 1.34 bits per heavy atom. The Balaban J connectivity index is 2.16. The molecule has 0 fully saturated rings. The van der Waals surface area contributed by atoms with E-state index in [9.17, 15) is 9.59 Å². The molecule has 1 aliphatic heterocycles. The highest BCUT2D eigenvalue weighted by atomic mass is 35.5. The second-order valence-electron chi connectivity index (χ2n) is 7.48. The van der Waals surface area contributed by atoms with Crippen molar-refractivity contribution in [3.8, 4) is 22.8 Å². The van der Waals surface area contributed by atoms with E-state index in [2.05, 4.69) is 25.8 Å². The van der Waals surface area contributed by atoms with Crippen molar-refractivity contribution in [2.45, 2.75) is 39.5 Å². The minimum Gasteiger partial charge on any atom is -0.492 e. The number of aromatic nitrogens is 1. The molecule has 1 atom stereocenters. The van der Waals surface area contributed by atoms with Crippen molar-refractivity contribution < 1.29 is 19.0 Å².